The summed E-state index contributed by atoms with van der Waals surface area (Å²) in [6, 6.07) is 7.60. The van der Waals surface area contributed by atoms with Crippen LogP contribution in [0.2, 0.25) is 0 Å². The molecule has 1 aliphatic rings. The van der Waals surface area contributed by atoms with E-state index in [2.05, 4.69) is 25.5 Å². The summed E-state index contributed by atoms with van der Waals surface area (Å²) in [5, 5.41) is 5.67. The quantitative estimate of drug-likeness (QED) is 0.906. The van der Waals surface area contributed by atoms with E-state index < -0.39 is 0 Å². The molecule has 6 heteroatoms. The molecule has 0 atom stereocenters. The van der Waals surface area contributed by atoms with E-state index >= 15 is 0 Å². The Kier molecular flexibility index (Phi) is 4.93. The van der Waals surface area contributed by atoms with Crippen LogP contribution in [0, 0.1) is 13.8 Å². The van der Waals surface area contributed by atoms with Crippen LogP contribution >= 0.6 is 0 Å². The third-order valence-corrected chi connectivity index (χ3v) is 4.16. The Morgan fingerprint density at radius 1 is 1.21 bits per heavy atom. The second-order valence-electron chi connectivity index (χ2n) is 6.15. The van der Waals surface area contributed by atoms with E-state index in [1.54, 1.807) is 6.20 Å². The first kappa shape index (κ1) is 16.2. The molecule has 2 aromatic rings. The van der Waals surface area contributed by atoms with Crippen LogP contribution in [0.5, 0.6) is 0 Å². The maximum absolute atomic E-state index is 12.1. The molecule has 1 saturated heterocycles. The van der Waals surface area contributed by atoms with Gasteiger partial charge in [0.05, 0.1) is 6.54 Å². The van der Waals surface area contributed by atoms with Gasteiger partial charge in [-0.2, -0.15) is 0 Å². The maximum Gasteiger partial charge on any atom is 0.319 e. The third kappa shape index (κ3) is 4.01. The molecule has 0 aliphatic carbocycles. The molecule has 1 aromatic carbocycles. The predicted octanol–water partition coefficient (Wildman–Crippen LogP) is 3.02. The van der Waals surface area contributed by atoms with Gasteiger partial charge in [-0.25, -0.2) is 14.8 Å². The van der Waals surface area contributed by atoms with Gasteiger partial charge in [0.15, 0.2) is 0 Å². The fourth-order valence-electron chi connectivity index (χ4n) is 2.88. The Bertz CT molecular complexity index is 725. The first-order valence-corrected chi connectivity index (χ1v) is 8.31. The van der Waals surface area contributed by atoms with E-state index in [-0.39, 0.29) is 6.03 Å². The Morgan fingerprint density at radius 3 is 2.75 bits per heavy atom. The van der Waals surface area contributed by atoms with Crippen LogP contribution < -0.4 is 15.5 Å². The van der Waals surface area contributed by atoms with E-state index in [1.165, 1.54) is 18.4 Å². The summed E-state index contributed by atoms with van der Waals surface area (Å²) < 4.78 is 0. The standard InChI is InChI=1S/C18H23N5O/c1-13-5-6-15(14(2)11-13)21-18(24)20-12-16-19-8-7-17(22-16)23-9-3-4-10-23/h5-8,11H,3-4,9-10,12H2,1-2H3,(H2,20,21,24). The summed E-state index contributed by atoms with van der Waals surface area (Å²) in [6.45, 7) is 6.39. The first-order valence-electron chi connectivity index (χ1n) is 8.31. The van der Waals surface area contributed by atoms with E-state index in [0.717, 1.165) is 30.2 Å². The van der Waals surface area contributed by atoms with E-state index in [9.17, 15) is 4.79 Å². The van der Waals surface area contributed by atoms with Crippen molar-refractivity contribution in [2.24, 2.45) is 0 Å². The molecule has 1 aromatic heterocycles. The van der Waals surface area contributed by atoms with Crippen molar-refractivity contribution in [2.75, 3.05) is 23.3 Å². The Labute approximate surface area is 142 Å². The zero-order chi connectivity index (χ0) is 16.9. The lowest BCUT2D eigenvalue weighted by molar-refractivity contribution is 0.251. The fourth-order valence-corrected chi connectivity index (χ4v) is 2.88. The normalized spacial score (nSPS) is 13.8. The summed E-state index contributed by atoms with van der Waals surface area (Å²) >= 11 is 0. The molecule has 24 heavy (non-hydrogen) atoms. The average molecular weight is 325 g/mol. The Morgan fingerprint density at radius 2 is 2.00 bits per heavy atom. The number of carbonyl (C=O) groups is 1. The van der Waals surface area contributed by atoms with Gasteiger partial charge in [0.2, 0.25) is 0 Å². The zero-order valence-electron chi connectivity index (χ0n) is 14.2. The number of urea groups is 1. The van der Waals surface area contributed by atoms with E-state index in [0.29, 0.717) is 12.4 Å². The highest BCUT2D eigenvalue weighted by Gasteiger charge is 2.14. The molecular formula is C18H23N5O. The highest BCUT2D eigenvalue weighted by Crippen LogP contribution is 2.17. The summed E-state index contributed by atoms with van der Waals surface area (Å²) in [6.07, 6.45) is 4.16. The minimum atomic E-state index is -0.253. The van der Waals surface area contributed by atoms with Gasteiger partial charge in [-0.1, -0.05) is 17.7 Å². The molecular weight excluding hydrogens is 302 g/mol. The van der Waals surface area contributed by atoms with Crippen LogP contribution in [0.4, 0.5) is 16.3 Å². The SMILES string of the molecule is Cc1ccc(NC(=O)NCc2nccc(N3CCCC3)n2)c(C)c1. The summed E-state index contributed by atoms with van der Waals surface area (Å²) in [7, 11) is 0. The average Bonchev–Trinajstić information content (AvgIpc) is 3.10. The number of benzene rings is 1. The maximum atomic E-state index is 12.1. The Hall–Kier alpha value is -2.63. The molecule has 6 nitrogen and oxygen atoms in total. The van der Waals surface area contributed by atoms with Crippen molar-refractivity contribution in [2.45, 2.75) is 33.2 Å². The van der Waals surface area contributed by atoms with Crippen molar-refractivity contribution in [3.63, 3.8) is 0 Å². The van der Waals surface area contributed by atoms with Crippen molar-refractivity contribution in [3.8, 4) is 0 Å². The second-order valence-corrected chi connectivity index (χ2v) is 6.15. The lowest BCUT2D eigenvalue weighted by Crippen LogP contribution is -2.29. The molecule has 1 aliphatic heterocycles. The largest absolute Gasteiger partial charge is 0.357 e. The lowest BCUT2D eigenvalue weighted by Gasteiger charge is -2.16. The number of aromatic nitrogens is 2. The van der Waals surface area contributed by atoms with Gasteiger partial charge in [0.1, 0.15) is 11.6 Å². The number of rotatable bonds is 4. The fraction of sp³-hybridized carbons (Fsp3) is 0.389. The number of carbonyl (C=O) groups excluding carboxylic acids is 1. The van der Waals surface area contributed by atoms with Crippen LogP contribution in [0.15, 0.2) is 30.5 Å². The molecule has 0 bridgehead atoms. The summed E-state index contributed by atoms with van der Waals surface area (Å²) in [5.74, 6) is 1.56. The minimum absolute atomic E-state index is 0.253. The number of anilines is 2. The van der Waals surface area contributed by atoms with Crippen molar-refractivity contribution >= 4 is 17.5 Å². The highest BCUT2D eigenvalue weighted by atomic mass is 16.2. The summed E-state index contributed by atoms with van der Waals surface area (Å²) in [5.41, 5.74) is 3.02. The molecule has 2 N–H and O–H groups in total. The van der Waals surface area contributed by atoms with Crippen LogP contribution in [-0.4, -0.2) is 29.1 Å². The van der Waals surface area contributed by atoms with Gasteiger partial charge < -0.3 is 15.5 Å². The number of nitrogens with one attached hydrogen (secondary N) is 2. The molecule has 2 amide bonds. The van der Waals surface area contributed by atoms with Gasteiger partial charge in [-0.05, 0) is 44.4 Å². The molecule has 0 spiro atoms. The number of nitrogens with zero attached hydrogens (tertiary/aromatic N) is 3. The molecule has 3 rings (SSSR count). The minimum Gasteiger partial charge on any atom is -0.357 e. The number of amides is 2. The monoisotopic (exact) mass is 325 g/mol. The van der Waals surface area contributed by atoms with Crippen molar-refractivity contribution in [1.29, 1.82) is 0 Å². The lowest BCUT2D eigenvalue weighted by atomic mass is 10.1. The van der Waals surface area contributed by atoms with Gasteiger partial charge >= 0.3 is 6.03 Å². The van der Waals surface area contributed by atoms with Crippen LogP contribution in [0.1, 0.15) is 29.8 Å². The molecule has 0 saturated carbocycles. The highest BCUT2D eigenvalue weighted by molar-refractivity contribution is 5.90. The van der Waals surface area contributed by atoms with E-state index in [1.807, 2.05) is 38.1 Å². The molecule has 126 valence electrons. The molecule has 1 fully saturated rings. The zero-order valence-corrected chi connectivity index (χ0v) is 14.2. The van der Waals surface area contributed by atoms with Crippen molar-refractivity contribution in [3.05, 3.63) is 47.4 Å². The van der Waals surface area contributed by atoms with Crippen LogP contribution in [-0.2, 0) is 6.54 Å². The van der Waals surface area contributed by atoms with Crippen LogP contribution in [0.25, 0.3) is 0 Å². The number of hydrogen-bond donors (Lipinski definition) is 2. The Balaban J connectivity index is 1.57. The predicted molar refractivity (Wildman–Crippen MR) is 95.3 cm³/mol. The van der Waals surface area contributed by atoms with Gasteiger partial charge in [0, 0.05) is 25.0 Å². The van der Waals surface area contributed by atoms with Gasteiger partial charge in [0.25, 0.3) is 0 Å². The number of aryl methyl sites for hydroxylation is 2. The summed E-state index contributed by atoms with van der Waals surface area (Å²) in [4.78, 5) is 23.1. The smallest absolute Gasteiger partial charge is 0.319 e. The van der Waals surface area contributed by atoms with E-state index in [4.69, 9.17) is 0 Å². The van der Waals surface area contributed by atoms with Crippen LogP contribution in [0.3, 0.4) is 0 Å². The molecule has 0 unspecified atom stereocenters. The van der Waals surface area contributed by atoms with Crippen molar-refractivity contribution in [1.82, 2.24) is 15.3 Å². The van der Waals surface area contributed by atoms with Gasteiger partial charge in [-0.15, -0.1) is 0 Å². The third-order valence-electron chi connectivity index (χ3n) is 4.16. The number of hydrogen-bond acceptors (Lipinski definition) is 4. The second kappa shape index (κ2) is 7.29. The van der Waals surface area contributed by atoms with Crippen molar-refractivity contribution < 1.29 is 4.79 Å². The topological polar surface area (TPSA) is 70.2 Å². The molecule has 0 radical (unpaired) electrons. The molecule has 2 heterocycles. The van der Waals surface area contributed by atoms with Gasteiger partial charge in [-0.3, -0.25) is 0 Å². The first-order chi connectivity index (χ1) is 11.6.